The number of nitriles is 1. The van der Waals surface area contributed by atoms with Crippen molar-refractivity contribution in [2.24, 2.45) is 0 Å². The molecule has 0 spiro atoms. The maximum Gasteiger partial charge on any atom is 0.123 e. The third kappa shape index (κ3) is 2.24. The topological polar surface area (TPSA) is 42.2 Å². The van der Waals surface area contributed by atoms with Crippen LogP contribution in [0.1, 0.15) is 18.4 Å². The molecule has 0 aliphatic carbocycles. The van der Waals surface area contributed by atoms with E-state index in [1.165, 1.54) is 0 Å². The lowest BCUT2D eigenvalue weighted by molar-refractivity contribution is 0.0668. The minimum absolute atomic E-state index is 0.533. The molecule has 90 valence electrons. The second-order valence-electron chi connectivity index (χ2n) is 4.15. The maximum absolute atomic E-state index is 9.50. The third-order valence-corrected chi connectivity index (χ3v) is 3.47. The molecule has 0 unspecified atom stereocenters. The Bertz CT molecular complexity index is 447. The minimum Gasteiger partial charge on any atom is -0.496 e. The number of hydrogen-bond donors (Lipinski definition) is 0. The molecule has 1 aliphatic rings. The van der Waals surface area contributed by atoms with E-state index >= 15 is 0 Å². The second-order valence-corrected chi connectivity index (χ2v) is 4.59. The maximum atomic E-state index is 9.50. The highest BCUT2D eigenvalue weighted by Crippen LogP contribution is 2.40. The molecule has 1 saturated heterocycles. The number of nitrogens with zero attached hydrogens (tertiary/aromatic N) is 1. The molecule has 0 bridgehead atoms. The largest absolute Gasteiger partial charge is 0.496 e. The van der Waals surface area contributed by atoms with E-state index in [2.05, 4.69) is 6.07 Å². The van der Waals surface area contributed by atoms with E-state index in [-0.39, 0.29) is 0 Å². The van der Waals surface area contributed by atoms with Crippen LogP contribution in [0.25, 0.3) is 0 Å². The molecule has 1 aliphatic heterocycles. The van der Waals surface area contributed by atoms with Crippen molar-refractivity contribution in [3.8, 4) is 11.8 Å². The molecule has 0 saturated carbocycles. The molecule has 0 aromatic heterocycles. The Morgan fingerprint density at radius 3 is 2.71 bits per heavy atom. The van der Waals surface area contributed by atoms with E-state index in [1.54, 1.807) is 13.2 Å². The predicted molar refractivity (Wildman–Crippen MR) is 65.3 cm³/mol. The van der Waals surface area contributed by atoms with Gasteiger partial charge < -0.3 is 9.47 Å². The van der Waals surface area contributed by atoms with Gasteiger partial charge in [-0.15, -0.1) is 0 Å². The summed E-state index contributed by atoms with van der Waals surface area (Å²) in [7, 11) is 1.61. The number of rotatable bonds is 2. The summed E-state index contributed by atoms with van der Waals surface area (Å²) in [4.78, 5) is 0. The summed E-state index contributed by atoms with van der Waals surface area (Å²) in [6, 6.07) is 7.83. The SMILES string of the molecule is COc1ccc(Cl)cc1C1(C#N)CCOCC1. The molecule has 2 rings (SSSR count). The quantitative estimate of drug-likeness (QED) is 0.812. The van der Waals surface area contributed by atoms with Gasteiger partial charge in [0.2, 0.25) is 0 Å². The van der Waals surface area contributed by atoms with Gasteiger partial charge in [0.1, 0.15) is 5.75 Å². The summed E-state index contributed by atoms with van der Waals surface area (Å²) in [5.74, 6) is 0.720. The van der Waals surface area contributed by atoms with Gasteiger partial charge in [-0.05, 0) is 31.0 Å². The number of halogens is 1. The van der Waals surface area contributed by atoms with Gasteiger partial charge in [-0.25, -0.2) is 0 Å². The molecular formula is C13H14ClNO2. The molecule has 1 heterocycles. The third-order valence-electron chi connectivity index (χ3n) is 3.24. The van der Waals surface area contributed by atoms with Crippen LogP contribution in [0.3, 0.4) is 0 Å². The fourth-order valence-electron chi connectivity index (χ4n) is 2.22. The Labute approximate surface area is 106 Å². The molecule has 0 N–H and O–H groups in total. The lowest BCUT2D eigenvalue weighted by atomic mass is 9.75. The predicted octanol–water partition coefficient (Wildman–Crippen LogP) is 2.92. The van der Waals surface area contributed by atoms with E-state index in [1.807, 2.05) is 12.1 Å². The first-order valence-corrected chi connectivity index (χ1v) is 5.93. The first kappa shape index (κ1) is 12.2. The number of benzene rings is 1. The van der Waals surface area contributed by atoms with Crippen molar-refractivity contribution in [3.63, 3.8) is 0 Å². The van der Waals surface area contributed by atoms with E-state index in [9.17, 15) is 5.26 Å². The van der Waals surface area contributed by atoms with Gasteiger partial charge in [-0.2, -0.15) is 5.26 Å². The van der Waals surface area contributed by atoms with Crippen LogP contribution in [-0.2, 0) is 10.2 Å². The fraction of sp³-hybridized carbons (Fsp3) is 0.462. The molecule has 17 heavy (non-hydrogen) atoms. The molecule has 0 radical (unpaired) electrons. The van der Waals surface area contributed by atoms with Crippen LogP contribution in [0.5, 0.6) is 5.75 Å². The Morgan fingerprint density at radius 1 is 1.41 bits per heavy atom. The van der Waals surface area contributed by atoms with Crippen molar-refractivity contribution in [1.29, 1.82) is 5.26 Å². The highest BCUT2D eigenvalue weighted by Gasteiger charge is 2.37. The van der Waals surface area contributed by atoms with Gasteiger partial charge in [-0.1, -0.05) is 11.6 Å². The number of methoxy groups -OCH3 is 1. The highest BCUT2D eigenvalue weighted by molar-refractivity contribution is 6.30. The van der Waals surface area contributed by atoms with E-state index in [4.69, 9.17) is 21.1 Å². The first-order chi connectivity index (χ1) is 8.22. The summed E-state index contributed by atoms with van der Waals surface area (Å²) in [5, 5.41) is 10.1. The molecule has 1 fully saturated rings. The van der Waals surface area contributed by atoms with E-state index in [0.29, 0.717) is 31.1 Å². The average Bonchev–Trinajstić information content (AvgIpc) is 2.39. The highest BCUT2D eigenvalue weighted by atomic mass is 35.5. The first-order valence-electron chi connectivity index (χ1n) is 5.55. The molecule has 1 aromatic rings. The summed E-state index contributed by atoms with van der Waals surface area (Å²) in [6.45, 7) is 1.20. The molecule has 0 amide bonds. The zero-order valence-corrected chi connectivity index (χ0v) is 10.5. The molecule has 0 atom stereocenters. The van der Waals surface area contributed by atoms with Crippen molar-refractivity contribution in [3.05, 3.63) is 28.8 Å². The van der Waals surface area contributed by atoms with Gasteiger partial charge in [0, 0.05) is 23.8 Å². The van der Waals surface area contributed by atoms with Gasteiger partial charge >= 0.3 is 0 Å². The summed E-state index contributed by atoms with van der Waals surface area (Å²) in [5.41, 5.74) is 0.340. The smallest absolute Gasteiger partial charge is 0.123 e. The van der Waals surface area contributed by atoms with Crippen molar-refractivity contribution in [2.75, 3.05) is 20.3 Å². The van der Waals surface area contributed by atoms with Crippen LogP contribution >= 0.6 is 11.6 Å². The van der Waals surface area contributed by atoms with Crippen molar-refractivity contribution >= 4 is 11.6 Å². The lowest BCUT2D eigenvalue weighted by Gasteiger charge is -2.32. The normalized spacial score (nSPS) is 18.4. The van der Waals surface area contributed by atoms with E-state index in [0.717, 1.165) is 11.3 Å². The van der Waals surface area contributed by atoms with Crippen LogP contribution in [-0.4, -0.2) is 20.3 Å². The number of ether oxygens (including phenoxy) is 2. The van der Waals surface area contributed by atoms with Crippen LogP contribution < -0.4 is 4.74 Å². The molecule has 1 aromatic carbocycles. The van der Waals surface area contributed by atoms with Crippen LogP contribution in [0.2, 0.25) is 5.02 Å². The Morgan fingerprint density at radius 2 is 2.12 bits per heavy atom. The van der Waals surface area contributed by atoms with Gasteiger partial charge in [0.05, 0.1) is 18.6 Å². The zero-order chi connectivity index (χ0) is 12.3. The second kappa shape index (κ2) is 4.95. The Hall–Kier alpha value is -1.24. The van der Waals surface area contributed by atoms with Crippen LogP contribution in [0, 0.1) is 11.3 Å². The lowest BCUT2D eigenvalue weighted by Crippen LogP contribution is -2.32. The van der Waals surface area contributed by atoms with E-state index < -0.39 is 5.41 Å². The molecule has 4 heteroatoms. The monoisotopic (exact) mass is 251 g/mol. The summed E-state index contributed by atoms with van der Waals surface area (Å²) < 4.78 is 10.7. The van der Waals surface area contributed by atoms with Crippen LogP contribution in [0.4, 0.5) is 0 Å². The van der Waals surface area contributed by atoms with Crippen molar-refractivity contribution < 1.29 is 9.47 Å². The van der Waals surface area contributed by atoms with Gasteiger partial charge in [0.15, 0.2) is 0 Å². The standard InChI is InChI=1S/C13H14ClNO2/c1-16-12-3-2-10(14)8-11(12)13(9-15)4-6-17-7-5-13/h2-3,8H,4-7H2,1H3. The van der Waals surface area contributed by atoms with Crippen LogP contribution in [0.15, 0.2) is 18.2 Å². The average molecular weight is 252 g/mol. The van der Waals surface area contributed by atoms with Crippen molar-refractivity contribution in [2.45, 2.75) is 18.3 Å². The fourth-order valence-corrected chi connectivity index (χ4v) is 2.39. The summed E-state index contributed by atoms with van der Waals surface area (Å²) >= 11 is 6.02. The molecule has 3 nitrogen and oxygen atoms in total. The summed E-state index contributed by atoms with van der Waals surface area (Å²) in [6.07, 6.45) is 1.36. The van der Waals surface area contributed by atoms with Crippen molar-refractivity contribution in [1.82, 2.24) is 0 Å². The molecular weight excluding hydrogens is 238 g/mol. The Kier molecular flexibility index (Phi) is 3.56. The Balaban J connectivity index is 2.49. The van der Waals surface area contributed by atoms with Gasteiger partial charge in [0.25, 0.3) is 0 Å². The zero-order valence-electron chi connectivity index (χ0n) is 9.70. The number of hydrogen-bond acceptors (Lipinski definition) is 3. The minimum atomic E-state index is -0.533. The van der Waals surface area contributed by atoms with Gasteiger partial charge in [-0.3, -0.25) is 0 Å².